The minimum Gasteiger partial charge on any atom is -0.271 e. The minimum atomic E-state index is -2.74. The van der Waals surface area contributed by atoms with Gasteiger partial charge >= 0.3 is 0 Å². The standard InChI is InChI=1S/C11H22N2O2S/c12-13-11(10-3-1-2-4-10)7-9-5-6-16(14,15)8-9/h9-11,13H,1-8,12H2. The number of hydrogen-bond acceptors (Lipinski definition) is 4. The smallest absolute Gasteiger partial charge is 0.150 e. The molecule has 0 spiro atoms. The minimum absolute atomic E-state index is 0.320. The van der Waals surface area contributed by atoms with E-state index in [1.54, 1.807) is 0 Å². The van der Waals surface area contributed by atoms with Gasteiger partial charge in [0.1, 0.15) is 0 Å². The summed E-state index contributed by atoms with van der Waals surface area (Å²) in [6.45, 7) is 0. The van der Waals surface area contributed by atoms with E-state index < -0.39 is 9.84 Å². The molecule has 0 radical (unpaired) electrons. The molecule has 16 heavy (non-hydrogen) atoms. The van der Waals surface area contributed by atoms with Gasteiger partial charge in [-0.1, -0.05) is 12.8 Å². The van der Waals surface area contributed by atoms with Crippen molar-refractivity contribution in [1.82, 2.24) is 5.43 Å². The number of nitrogens with one attached hydrogen (secondary N) is 1. The molecule has 0 aromatic heterocycles. The number of hydrogen-bond donors (Lipinski definition) is 2. The average Bonchev–Trinajstić information content (AvgIpc) is 2.84. The Hall–Kier alpha value is -0.130. The van der Waals surface area contributed by atoms with Crippen molar-refractivity contribution >= 4 is 9.84 Å². The van der Waals surface area contributed by atoms with Gasteiger partial charge in [-0.05, 0) is 37.5 Å². The lowest BCUT2D eigenvalue weighted by atomic mass is 9.89. The summed E-state index contributed by atoms with van der Waals surface area (Å²) >= 11 is 0. The largest absolute Gasteiger partial charge is 0.271 e. The Bertz CT molecular complexity index is 323. The van der Waals surface area contributed by atoms with Crippen molar-refractivity contribution < 1.29 is 8.42 Å². The molecule has 0 bridgehead atoms. The third-order valence-electron chi connectivity index (χ3n) is 4.10. The molecule has 2 unspecified atom stereocenters. The summed E-state index contributed by atoms with van der Waals surface area (Å²) in [4.78, 5) is 0. The summed E-state index contributed by atoms with van der Waals surface area (Å²) in [6.07, 6.45) is 6.84. The predicted octanol–water partition coefficient (Wildman–Crippen LogP) is 0.833. The molecule has 2 atom stereocenters. The zero-order valence-electron chi connectivity index (χ0n) is 9.69. The van der Waals surface area contributed by atoms with Crippen molar-refractivity contribution in [2.24, 2.45) is 17.7 Å². The highest BCUT2D eigenvalue weighted by atomic mass is 32.2. The molecule has 2 aliphatic rings. The van der Waals surface area contributed by atoms with Crippen LogP contribution in [0.4, 0.5) is 0 Å². The second-order valence-corrected chi connectivity index (χ2v) is 7.55. The Labute approximate surface area is 97.9 Å². The number of sulfone groups is 1. The molecule has 1 heterocycles. The van der Waals surface area contributed by atoms with E-state index in [1.807, 2.05) is 0 Å². The molecular formula is C11H22N2O2S. The third-order valence-corrected chi connectivity index (χ3v) is 5.93. The highest BCUT2D eigenvalue weighted by molar-refractivity contribution is 7.91. The predicted molar refractivity (Wildman–Crippen MR) is 64.4 cm³/mol. The summed E-state index contributed by atoms with van der Waals surface area (Å²) in [5.41, 5.74) is 2.90. The van der Waals surface area contributed by atoms with Gasteiger partial charge in [-0.25, -0.2) is 8.42 Å². The van der Waals surface area contributed by atoms with Crippen LogP contribution in [0.15, 0.2) is 0 Å². The van der Waals surface area contributed by atoms with Gasteiger partial charge in [0.15, 0.2) is 9.84 Å². The Balaban J connectivity index is 1.87. The van der Waals surface area contributed by atoms with E-state index in [0.29, 0.717) is 29.4 Å². The molecule has 1 saturated heterocycles. The van der Waals surface area contributed by atoms with Gasteiger partial charge < -0.3 is 0 Å². The van der Waals surface area contributed by atoms with Crippen molar-refractivity contribution in [2.45, 2.75) is 44.6 Å². The van der Waals surface area contributed by atoms with E-state index in [2.05, 4.69) is 5.43 Å². The van der Waals surface area contributed by atoms with Gasteiger partial charge in [-0.15, -0.1) is 0 Å². The van der Waals surface area contributed by atoms with Crippen LogP contribution in [0.2, 0.25) is 0 Å². The van der Waals surface area contributed by atoms with Gasteiger partial charge in [0.05, 0.1) is 11.5 Å². The van der Waals surface area contributed by atoms with Crippen LogP contribution in [-0.2, 0) is 9.84 Å². The van der Waals surface area contributed by atoms with E-state index in [4.69, 9.17) is 5.84 Å². The highest BCUT2D eigenvalue weighted by Crippen LogP contribution is 2.32. The summed E-state index contributed by atoms with van der Waals surface area (Å²) < 4.78 is 22.8. The molecule has 5 heteroatoms. The summed E-state index contributed by atoms with van der Waals surface area (Å²) in [6, 6.07) is 0.320. The Morgan fingerprint density at radius 1 is 1.25 bits per heavy atom. The van der Waals surface area contributed by atoms with E-state index in [0.717, 1.165) is 12.8 Å². The summed E-state index contributed by atoms with van der Waals surface area (Å²) in [7, 11) is -2.74. The zero-order valence-corrected chi connectivity index (χ0v) is 10.5. The highest BCUT2D eigenvalue weighted by Gasteiger charge is 2.32. The molecule has 2 fully saturated rings. The molecule has 94 valence electrons. The summed E-state index contributed by atoms with van der Waals surface area (Å²) in [5.74, 6) is 7.33. The first-order valence-electron chi connectivity index (χ1n) is 6.27. The molecule has 1 aliphatic carbocycles. The molecular weight excluding hydrogens is 224 g/mol. The first-order valence-corrected chi connectivity index (χ1v) is 8.09. The van der Waals surface area contributed by atoms with E-state index in [9.17, 15) is 8.42 Å². The van der Waals surface area contributed by atoms with Crippen molar-refractivity contribution in [3.05, 3.63) is 0 Å². The van der Waals surface area contributed by atoms with Gasteiger partial charge in [0.25, 0.3) is 0 Å². The molecule has 1 aliphatic heterocycles. The van der Waals surface area contributed by atoms with Crippen LogP contribution in [0.3, 0.4) is 0 Å². The van der Waals surface area contributed by atoms with Crippen molar-refractivity contribution in [2.75, 3.05) is 11.5 Å². The molecule has 1 saturated carbocycles. The molecule has 0 aromatic rings. The zero-order chi connectivity index (χ0) is 11.6. The Morgan fingerprint density at radius 3 is 2.44 bits per heavy atom. The SMILES string of the molecule is NNC(CC1CCS(=O)(=O)C1)C1CCCC1. The quantitative estimate of drug-likeness (QED) is 0.569. The monoisotopic (exact) mass is 246 g/mol. The second kappa shape index (κ2) is 5.02. The molecule has 0 amide bonds. The van der Waals surface area contributed by atoms with Crippen LogP contribution in [0.1, 0.15) is 38.5 Å². The van der Waals surface area contributed by atoms with Crippen LogP contribution in [0.5, 0.6) is 0 Å². The van der Waals surface area contributed by atoms with E-state index >= 15 is 0 Å². The Kier molecular flexibility index (Phi) is 3.87. The Morgan fingerprint density at radius 2 is 1.94 bits per heavy atom. The van der Waals surface area contributed by atoms with Crippen LogP contribution in [0.25, 0.3) is 0 Å². The summed E-state index contributed by atoms with van der Waals surface area (Å²) in [5, 5.41) is 0. The number of hydrazine groups is 1. The molecule has 0 aromatic carbocycles. The lowest BCUT2D eigenvalue weighted by molar-refractivity contribution is 0.306. The number of rotatable bonds is 4. The fourth-order valence-corrected chi connectivity index (χ4v) is 5.05. The molecule has 4 nitrogen and oxygen atoms in total. The average molecular weight is 246 g/mol. The maximum Gasteiger partial charge on any atom is 0.150 e. The topological polar surface area (TPSA) is 72.2 Å². The maximum absolute atomic E-state index is 11.4. The van der Waals surface area contributed by atoms with Crippen molar-refractivity contribution in [3.63, 3.8) is 0 Å². The van der Waals surface area contributed by atoms with Gasteiger partial charge in [0.2, 0.25) is 0 Å². The van der Waals surface area contributed by atoms with Crippen LogP contribution >= 0.6 is 0 Å². The first-order chi connectivity index (χ1) is 7.61. The van der Waals surface area contributed by atoms with Gasteiger partial charge in [-0.3, -0.25) is 11.3 Å². The fourth-order valence-electron chi connectivity index (χ4n) is 3.17. The molecule has 3 N–H and O–H groups in total. The van der Waals surface area contributed by atoms with Crippen molar-refractivity contribution in [3.8, 4) is 0 Å². The maximum atomic E-state index is 11.4. The van der Waals surface area contributed by atoms with Crippen LogP contribution in [0, 0.1) is 11.8 Å². The molecule has 2 rings (SSSR count). The number of nitrogens with two attached hydrogens (primary N) is 1. The van der Waals surface area contributed by atoms with Gasteiger partial charge in [0, 0.05) is 6.04 Å². The van der Waals surface area contributed by atoms with Crippen molar-refractivity contribution in [1.29, 1.82) is 0 Å². The lowest BCUT2D eigenvalue weighted by Gasteiger charge is -2.24. The first kappa shape index (κ1) is 12.3. The lowest BCUT2D eigenvalue weighted by Crippen LogP contribution is -2.41. The van der Waals surface area contributed by atoms with Gasteiger partial charge in [-0.2, -0.15) is 0 Å². The third kappa shape index (κ3) is 2.96. The van der Waals surface area contributed by atoms with Crippen LogP contribution < -0.4 is 11.3 Å². The normalized spacial score (nSPS) is 31.9. The fraction of sp³-hybridized carbons (Fsp3) is 1.00. The van der Waals surface area contributed by atoms with E-state index in [1.165, 1.54) is 25.7 Å². The van der Waals surface area contributed by atoms with E-state index in [-0.39, 0.29) is 0 Å². The second-order valence-electron chi connectivity index (χ2n) is 5.32. The van der Waals surface area contributed by atoms with Crippen LogP contribution in [-0.4, -0.2) is 26.0 Å².